The number of nitrogens with one attached hydrogen (secondary N) is 1. The molecule has 0 saturated heterocycles. The zero-order chi connectivity index (χ0) is 12.5. The largest absolute Gasteiger partial charge is 0.480 e. The van der Waals surface area contributed by atoms with Gasteiger partial charge in [-0.15, -0.1) is 0 Å². The van der Waals surface area contributed by atoms with Crippen molar-refractivity contribution in [2.24, 2.45) is 5.92 Å². The number of carboxylic acids is 1. The van der Waals surface area contributed by atoms with Gasteiger partial charge in [-0.25, -0.2) is 9.78 Å². The van der Waals surface area contributed by atoms with Crippen LogP contribution in [-0.2, 0) is 4.79 Å². The normalized spacial score (nSPS) is 16.4. The smallest absolute Gasteiger partial charge is 0.326 e. The number of aromatic nitrogens is 2. The van der Waals surface area contributed by atoms with Crippen LogP contribution < -0.4 is 5.32 Å². The Morgan fingerprint density at radius 2 is 2.06 bits per heavy atom. The second-order valence-corrected chi connectivity index (χ2v) is 4.54. The average Bonchev–Trinajstić information content (AvgIpc) is 3.19. The lowest BCUT2D eigenvalue weighted by Gasteiger charge is -2.13. The van der Waals surface area contributed by atoms with Crippen LogP contribution in [0.4, 0.5) is 5.82 Å². The van der Waals surface area contributed by atoms with Gasteiger partial charge in [0.2, 0.25) is 0 Å². The standard InChI is InChI=1S/C13H13N3O2/c17-13(18)12(8-5-6-8)16-11-7-14-9-3-1-2-4-10(9)15-11/h1-4,7-8,12H,5-6H2,(H,15,16)(H,17,18). The second-order valence-electron chi connectivity index (χ2n) is 4.54. The van der Waals surface area contributed by atoms with Crippen LogP contribution in [0.15, 0.2) is 30.5 Å². The van der Waals surface area contributed by atoms with Crippen LogP contribution in [0.1, 0.15) is 12.8 Å². The van der Waals surface area contributed by atoms with Gasteiger partial charge in [-0.2, -0.15) is 0 Å². The topological polar surface area (TPSA) is 75.1 Å². The van der Waals surface area contributed by atoms with Crippen molar-refractivity contribution in [1.29, 1.82) is 0 Å². The van der Waals surface area contributed by atoms with Crippen molar-refractivity contribution in [3.05, 3.63) is 30.5 Å². The molecule has 2 aromatic rings. The lowest BCUT2D eigenvalue weighted by molar-refractivity contribution is -0.138. The highest BCUT2D eigenvalue weighted by atomic mass is 16.4. The van der Waals surface area contributed by atoms with E-state index < -0.39 is 12.0 Å². The van der Waals surface area contributed by atoms with Crippen LogP contribution >= 0.6 is 0 Å². The maximum absolute atomic E-state index is 11.1. The lowest BCUT2D eigenvalue weighted by atomic mass is 10.2. The SMILES string of the molecule is O=C(O)C(Nc1cnc2ccccc2n1)C1CC1. The van der Waals surface area contributed by atoms with E-state index >= 15 is 0 Å². The van der Waals surface area contributed by atoms with Crippen LogP contribution in [-0.4, -0.2) is 27.1 Å². The van der Waals surface area contributed by atoms with Crippen molar-refractivity contribution < 1.29 is 9.90 Å². The maximum atomic E-state index is 11.1. The first-order valence-corrected chi connectivity index (χ1v) is 5.95. The van der Waals surface area contributed by atoms with Gasteiger partial charge in [0.15, 0.2) is 0 Å². The van der Waals surface area contributed by atoms with E-state index in [4.69, 9.17) is 5.11 Å². The fourth-order valence-corrected chi connectivity index (χ4v) is 2.00. The summed E-state index contributed by atoms with van der Waals surface area (Å²) in [5, 5.41) is 12.1. The molecule has 0 aliphatic heterocycles. The number of rotatable bonds is 4. The van der Waals surface area contributed by atoms with Gasteiger partial charge in [0.1, 0.15) is 11.9 Å². The Labute approximate surface area is 104 Å². The predicted molar refractivity (Wildman–Crippen MR) is 67.3 cm³/mol. The summed E-state index contributed by atoms with van der Waals surface area (Å²) in [7, 11) is 0. The van der Waals surface area contributed by atoms with E-state index in [1.54, 1.807) is 6.20 Å². The third kappa shape index (κ3) is 2.11. The highest BCUT2D eigenvalue weighted by Crippen LogP contribution is 2.34. The molecule has 3 rings (SSSR count). The Bertz CT molecular complexity index is 596. The van der Waals surface area contributed by atoms with Crippen LogP contribution in [0, 0.1) is 5.92 Å². The Hall–Kier alpha value is -2.17. The minimum Gasteiger partial charge on any atom is -0.480 e. The summed E-state index contributed by atoms with van der Waals surface area (Å²) in [6.45, 7) is 0. The third-order valence-electron chi connectivity index (χ3n) is 3.11. The maximum Gasteiger partial charge on any atom is 0.326 e. The third-order valence-corrected chi connectivity index (χ3v) is 3.11. The van der Waals surface area contributed by atoms with Gasteiger partial charge in [-0.05, 0) is 30.9 Å². The number of benzene rings is 1. The summed E-state index contributed by atoms with van der Waals surface area (Å²) in [5.74, 6) is -0.0868. The fourth-order valence-electron chi connectivity index (χ4n) is 2.00. The number of anilines is 1. The molecule has 1 aromatic carbocycles. The van der Waals surface area contributed by atoms with E-state index in [1.807, 2.05) is 24.3 Å². The highest BCUT2D eigenvalue weighted by Gasteiger charge is 2.36. The number of aliphatic carboxylic acids is 1. The monoisotopic (exact) mass is 243 g/mol. The van der Waals surface area contributed by atoms with Gasteiger partial charge in [0.25, 0.3) is 0 Å². The molecule has 0 bridgehead atoms. The van der Waals surface area contributed by atoms with Gasteiger partial charge >= 0.3 is 5.97 Å². The van der Waals surface area contributed by atoms with E-state index in [1.165, 1.54) is 0 Å². The molecule has 1 saturated carbocycles. The molecule has 1 aliphatic rings. The molecule has 1 unspecified atom stereocenters. The zero-order valence-corrected chi connectivity index (χ0v) is 9.71. The molecule has 92 valence electrons. The first kappa shape index (κ1) is 11.0. The quantitative estimate of drug-likeness (QED) is 0.857. The number of para-hydroxylation sites is 2. The Morgan fingerprint density at radius 3 is 2.72 bits per heavy atom. The van der Waals surface area contributed by atoms with Gasteiger partial charge in [-0.3, -0.25) is 4.98 Å². The van der Waals surface area contributed by atoms with Crippen LogP contribution in [0.25, 0.3) is 11.0 Å². The van der Waals surface area contributed by atoms with Crippen molar-refractivity contribution in [2.75, 3.05) is 5.32 Å². The van der Waals surface area contributed by atoms with Crippen LogP contribution in [0.5, 0.6) is 0 Å². The van der Waals surface area contributed by atoms with Crippen molar-refractivity contribution >= 4 is 22.8 Å². The predicted octanol–water partition coefficient (Wildman–Crippen LogP) is 1.90. The molecule has 0 amide bonds. The molecule has 5 nitrogen and oxygen atoms in total. The summed E-state index contributed by atoms with van der Waals surface area (Å²) in [6, 6.07) is 6.97. The summed E-state index contributed by atoms with van der Waals surface area (Å²) in [6.07, 6.45) is 3.51. The molecule has 0 spiro atoms. The molecular formula is C13H13N3O2. The molecule has 18 heavy (non-hydrogen) atoms. The average molecular weight is 243 g/mol. The molecule has 2 N–H and O–H groups in total. The number of carboxylic acid groups (broad SMARTS) is 1. The minimum absolute atomic E-state index is 0.218. The first-order valence-electron chi connectivity index (χ1n) is 5.95. The Morgan fingerprint density at radius 1 is 1.33 bits per heavy atom. The molecule has 1 heterocycles. The summed E-state index contributed by atoms with van der Waals surface area (Å²) < 4.78 is 0. The number of fused-ring (bicyclic) bond motifs is 1. The highest BCUT2D eigenvalue weighted by molar-refractivity contribution is 5.79. The van der Waals surface area contributed by atoms with E-state index in [0.29, 0.717) is 5.82 Å². The number of hydrogen-bond acceptors (Lipinski definition) is 4. The molecule has 1 fully saturated rings. The first-order chi connectivity index (χ1) is 8.74. The van der Waals surface area contributed by atoms with Gasteiger partial charge in [0, 0.05) is 0 Å². The van der Waals surface area contributed by atoms with Crippen molar-refractivity contribution in [3.63, 3.8) is 0 Å². The Kier molecular flexibility index (Phi) is 2.59. The second kappa shape index (κ2) is 4.25. The number of nitrogens with zero attached hydrogens (tertiary/aromatic N) is 2. The molecule has 0 radical (unpaired) electrons. The molecule has 1 aromatic heterocycles. The van der Waals surface area contributed by atoms with E-state index in [2.05, 4.69) is 15.3 Å². The summed E-state index contributed by atoms with van der Waals surface area (Å²) >= 11 is 0. The lowest BCUT2D eigenvalue weighted by Crippen LogP contribution is -2.31. The van der Waals surface area contributed by atoms with Gasteiger partial charge < -0.3 is 10.4 Å². The van der Waals surface area contributed by atoms with E-state index in [0.717, 1.165) is 23.9 Å². The summed E-state index contributed by atoms with van der Waals surface area (Å²) in [4.78, 5) is 19.8. The van der Waals surface area contributed by atoms with Gasteiger partial charge in [-0.1, -0.05) is 12.1 Å². The number of carbonyl (C=O) groups is 1. The summed E-state index contributed by atoms with van der Waals surface area (Å²) in [5.41, 5.74) is 1.57. The fraction of sp³-hybridized carbons (Fsp3) is 0.308. The number of hydrogen-bond donors (Lipinski definition) is 2. The van der Waals surface area contributed by atoms with Crippen LogP contribution in [0.3, 0.4) is 0 Å². The van der Waals surface area contributed by atoms with Crippen LogP contribution in [0.2, 0.25) is 0 Å². The van der Waals surface area contributed by atoms with Crippen molar-refractivity contribution in [3.8, 4) is 0 Å². The minimum atomic E-state index is -0.826. The Balaban J connectivity index is 1.87. The molecule has 5 heteroatoms. The van der Waals surface area contributed by atoms with E-state index in [-0.39, 0.29) is 5.92 Å². The zero-order valence-electron chi connectivity index (χ0n) is 9.71. The van der Waals surface area contributed by atoms with E-state index in [9.17, 15) is 4.79 Å². The van der Waals surface area contributed by atoms with Gasteiger partial charge in [0.05, 0.1) is 17.2 Å². The molecular weight excluding hydrogens is 230 g/mol. The molecule has 1 atom stereocenters. The molecule has 1 aliphatic carbocycles. The van der Waals surface area contributed by atoms with Crippen molar-refractivity contribution in [1.82, 2.24) is 9.97 Å². The van der Waals surface area contributed by atoms with Crippen molar-refractivity contribution in [2.45, 2.75) is 18.9 Å².